The number of anilines is 1. The third-order valence-electron chi connectivity index (χ3n) is 2.84. The van der Waals surface area contributed by atoms with Crippen LogP contribution in [0, 0.1) is 0 Å². The molecule has 0 bridgehead atoms. The fraction of sp³-hybridized carbons (Fsp3) is 0.429. The molecular weight excluding hydrogens is 294 g/mol. The van der Waals surface area contributed by atoms with Crippen LogP contribution in [0.4, 0.5) is 5.69 Å². The van der Waals surface area contributed by atoms with Crippen molar-refractivity contribution in [3.63, 3.8) is 0 Å². The average Bonchev–Trinajstić information content (AvgIpc) is 2.85. The molecule has 0 radical (unpaired) electrons. The van der Waals surface area contributed by atoms with E-state index >= 15 is 0 Å². The van der Waals surface area contributed by atoms with Gasteiger partial charge in [-0.05, 0) is 25.2 Å². The molecule has 0 saturated carbocycles. The lowest BCUT2D eigenvalue weighted by Gasteiger charge is -2.04. The monoisotopic (exact) mass is 313 g/mol. The normalized spacial score (nSPS) is 10.4. The van der Waals surface area contributed by atoms with Gasteiger partial charge < -0.3 is 19.8 Å². The van der Waals surface area contributed by atoms with Gasteiger partial charge in [-0.3, -0.25) is 4.79 Å². The van der Waals surface area contributed by atoms with Crippen LogP contribution in [-0.4, -0.2) is 38.2 Å². The first-order valence-electron chi connectivity index (χ1n) is 6.56. The van der Waals surface area contributed by atoms with Crippen LogP contribution < -0.4 is 10.6 Å². The third-order valence-corrected chi connectivity index (χ3v) is 2.84. The fourth-order valence-electron chi connectivity index (χ4n) is 1.81. The van der Waals surface area contributed by atoms with Crippen molar-refractivity contribution in [1.82, 2.24) is 10.3 Å². The van der Waals surface area contributed by atoms with Gasteiger partial charge >= 0.3 is 0 Å². The molecule has 0 aliphatic rings. The van der Waals surface area contributed by atoms with Gasteiger partial charge in [-0.25, -0.2) is 4.98 Å². The molecule has 0 spiro atoms. The Hall–Kier alpha value is -1.63. The highest BCUT2D eigenvalue weighted by molar-refractivity contribution is 5.92. The molecule has 0 fully saturated rings. The molecule has 116 valence electrons. The number of methoxy groups -OCH3 is 1. The predicted molar refractivity (Wildman–Crippen MR) is 84.0 cm³/mol. The number of amides is 1. The van der Waals surface area contributed by atoms with E-state index in [2.05, 4.69) is 15.6 Å². The molecule has 21 heavy (non-hydrogen) atoms. The van der Waals surface area contributed by atoms with Crippen LogP contribution in [0.3, 0.4) is 0 Å². The Morgan fingerprint density at radius 2 is 2.24 bits per heavy atom. The molecule has 0 aliphatic carbocycles. The van der Waals surface area contributed by atoms with Crippen LogP contribution in [0.25, 0.3) is 11.1 Å². The second-order valence-electron chi connectivity index (χ2n) is 4.43. The van der Waals surface area contributed by atoms with Gasteiger partial charge in [0.25, 0.3) is 0 Å². The summed E-state index contributed by atoms with van der Waals surface area (Å²) < 4.78 is 10.6. The maximum atomic E-state index is 11.6. The summed E-state index contributed by atoms with van der Waals surface area (Å²) in [6.45, 7) is 1.22. The molecule has 0 unspecified atom stereocenters. The van der Waals surface area contributed by atoms with Crippen molar-refractivity contribution in [3.8, 4) is 0 Å². The Bertz CT molecular complexity index is 586. The summed E-state index contributed by atoms with van der Waals surface area (Å²) in [6, 6.07) is 5.43. The fourth-order valence-corrected chi connectivity index (χ4v) is 1.81. The van der Waals surface area contributed by atoms with Gasteiger partial charge in [0.1, 0.15) is 5.52 Å². The van der Waals surface area contributed by atoms with Gasteiger partial charge in [-0.2, -0.15) is 0 Å². The highest BCUT2D eigenvalue weighted by Gasteiger charge is 2.08. The molecule has 7 heteroatoms. The predicted octanol–water partition coefficient (Wildman–Crippen LogP) is 1.99. The third kappa shape index (κ3) is 5.00. The summed E-state index contributed by atoms with van der Waals surface area (Å²) in [7, 11) is 3.46. The molecule has 0 atom stereocenters. The van der Waals surface area contributed by atoms with Crippen molar-refractivity contribution in [2.75, 3.05) is 32.6 Å². The topological polar surface area (TPSA) is 76.4 Å². The number of hydrogen-bond acceptors (Lipinski definition) is 5. The molecule has 1 heterocycles. The number of rotatable bonds is 7. The zero-order chi connectivity index (χ0) is 14.4. The van der Waals surface area contributed by atoms with Crippen molar-refractivity contribution in [1.29, 1.82) is 0 Å². The Balaban J connectivity index is 0.00000220. The summed E-state index contributed by atoms with van der Waals surface area (Å²) >= 11 is 0. The molecule has 1 amide bonds. The number of nitrogens with zero attached hydrogens (tertiary/aromatic N) is 1. The van der Waals surface area contributed by atoms with E-state index in [0.29, 0.717) is 37.5 Å². The average molecular weight is 314 g/mol. The van der Waals surface area contributed by atoms with E-state index in [1.165, 1.54) is 0 Å². The molecule has 6 nitrogen and oxygen atoms in total. The number of oxazole rings is 1. The largest absolute Gasteiger partial charge is 0.441 e. The maximum absolute atomic E-state index is 11.6. The number of benzene rings is 1. The maximum Gasteiger partial charge on any atom is 0.225 e. The molecular formula is C14H20ClN3O3. The number of halogens is 1. The zero-order valence-corrected chi connectivity index (χ0v) is 13.0. The van der Waals surface area contributed by atoms with Gasteiger partial charge in [0, 0.05) is 32.2 Å². The molecule has 2 N–H and O–H groups in total. The quantitative estimate of drug-likeness (QED) is 0.817. The number of nitrogens with one attached hydrogen (secondary N) is 2. The Labute approximate surface area is 129 Å². The summed E-state index contributed by atoms with van der Waals surface area (Å²) in [6.07, 6.45) is 1.07. The summed E-state index contributed by atoms with van der Waals surface area (Å²) in [5.41, 5.74) is 2.18. The summed E-state index contributed by atoms with van der Waals surface area (Å²) in [5, 5.41) is 5.77. The van der Waals surface area contributed by atoms with E-state index < -0.39 is 0 Å². The molecule has 2 rings (SSSR count). The summed E-state index contributed by atoms with van der Waals surface area (Å²) in [4.78, 5) is 16.0. The first kappa shape index (κ1) is 17.4. The Kier molecular flexibility index (Phi) is 7.14. The SMILES string of the molecule is CNCCC(=O)Nc1ccc2oc(CCOC)nc2c1.Cl. The van der Waals surface area contributed by atoms with Crippen molar-refractivity contribution in [2.45, 2.75) is 12.8 Å². The number of hydrogen-bond donors (Lipinski definition) is 2. The smallest absolute Gasteiger partial charge is 0.225 e. The van der Waals surface area contributed by atoms with Crippen LogP contribution in [-0.2, 0) is 16.0 Å². The number of aromatic nitrogens is 1. The Morgan fingerprint density at radius 1 is 1.43 bits per heavy atom. The number of carbonyl (C=O) groups is 1. The van der Waals surface area contributed by atoms with E-state index in [1.807, 2.05) is 25.2 Å². The van der Waals surface area contributed by atoms with Crippen LogP contribution in [0.5, 0.6) is 0 Å². The van der Waals surface area contributed by atoms with Crippen LogP contribution in [0.2, 0.25) is 0 Å². The molecule has 0 aliphatic heterocycles. The van der Waals surface area contributed by atoms with Gasteiger partial charge in [-0.15, -0.1) is 12.4 Å². The minimum absolute atomic E-state index is 0. The van der Waals surface area contributed by atoms with E-state index in [9.17, 15) is 4.79 Å². The van der Waals surface area contributed by atoms with Crippen LogP contribution in [0.15, 0.2) is 22.6 Å². The van der Waals surface area contributed by atoms with E-state index in [4.69, 9.17) is 9.15 Å². The van der Waals surface area contributed by atoms with Crippen molar-refractivity contribution < 1.29 is 13.9 Å². The second kappa shape index (κ2) is 8.61. The molecule has 1 aromatic carbocycles. The van der Waals surface area contributed by atoms with Crippen molar-refractivity contribution >= 4 is 35.1 Å². The van der Waals surface area contributed by atoms with Gasteiger partial charge in [0.15, 0.2) is 11.5 Å². The molecule has 2 aromatic rings. The number of carbonyl (C=O) groups excluding carboxylic acids is 1. The Morgan fingerprint density at radius 3 is 2.95 bits per heavy atom. The van der Waals surface area contributed by atoms with Gasteiger partial charge in [0.05, 0.1) is 6.61 Å². The van der Waals surface area contributed by atoms with Crippen LogP contribution >= 0.6 is 12.4 Å². The van der Waals surface area contributed by atoms with Gasteiger partial charge in [-0.1, -0.05) is 0 Å². The standard InChI is InChI=1S/C14H19N3O3.ClH/c1-15-7-5-13(18)16-10-3-4-12-11(9-10)17-14(20-12)6-8-19-2;/h3-4,9,15H,5-8H2,1-2H3,(H,16,18);1H. The lowest BCUT2D eigenvalue weighted by Crippen LogP contribution is -2.18. The first-order chi connectivity index (χ1) is 9.72. The molecule has 0 saturated heterocycles. The first-order valence-corrected chi connectivity index (χ1v) is 6.56. The minimum atomic E-state index is -0.0261. The van der Waals surface area contributed by atoms with Gasteiger partial charge in [0.2, 0.25) is 5.91 Å². The van der Waals surface area contributed by atoms with E-state index in [1.54, 1.807) is 7.11 Å². The van der Waals surface area contributed by atoms with E-state index in [-0.39, 0.29) is 18.3 Å². The van der Waals surface area contributed by atoms with Crippen LogP contribution in [0.1, 0.15) is 12.3 Å². The molecule has 1 aromatic heterocycles. The number of ether oxygens (including phenoxy) is 1. The van der Waals surface area contributed by atoms with Crippen molar-refractivity contribution in [2.24, 2.45) is 0 Å². The number of fused-ring (bicyclic) bond motifs is 1. The lowest BCUT2D eigenvalue weighted by molar-refractivity contribution is -0.116. The minimum Gasteiger partial charge on any atom is -0.441 e. The highest BCUT2D eigenvalue weighted by atomic mass is 35.5. The summed E-state index contributed by atoms with van der Waals surface area (Å²) in [5.74, 6) is 0.613. The lowest BCUT2D eigenvalue weighted by atomic mass is 10.2. The van der Waals surface area contributed by atoms with Crippen molar-refractivity contribution in [3.05, 3.63) is 24.1 Å². The second-order valence-corrected chi connectivity index (χ2v) is 4.43. The highest BCUT2D eigenvalue weighted by Crippen LogP contribution is 2.20. The zero-order valence-electron chi connectivity index (χ0n) is 12.1. The van der Waals surface area contributed by atoms with E-state index in [0.717, 1.165) is 11.2 Å².